The van der Waals surface area contributed by atoms with Crippen LogP contribution in [0.4, 0.5) is 0 Å². The van der Waals surface area contributed by atoms with E-state index in [1.165, 1.54) is 31.1 Å². The highest BCUT2D eigenvalue weighted by Gasteiger charge is 2.51. The maximum Gasteiger partial charge on any atom is 0.337 e. The summed E-state index contributed by atoms with van der Waals surface area (Å²) in [5.74, 6) is 0.992. The van der Waals surface area contributed by atoms with Crippen LogP contribution in [0.3, 0.4) is 0 Å². The summed E-state index contributed by atoms with van der Waals surface area (Å²) >= 11 is 0. The maximum atomic E-state index is 12.0. The second kappa shape index (κ2) is 8.54. The van der Waals surface area contributed by atoms with Gasteiger partial charge in [0.2, 0.25) is 0 Å². The molecule has 0 aliphatic heterocycles. The van der Waals surface area contributed by atoms with Crippen LogP contribution < -0.4 is 10.6 Å². The number of hydrogen-bond donors (Lipinski definition) is 2. The van der Waals surface area contributed by atoms with E-state index in [1.54, 1.807) is 0 Å². The fraction of sp³-hybridized carbons (Fsp3) is 0.708. The third kappa shape index (κ3) is 4.44. The van der Waals surface area contributed by atoms with Crippen molar-refractivity contribution >= 4 is 5.97 Å². The van der Waals surface area contributed by atoms with Gasteiger partial charge in [0.1, 0.15) is 0 Å². The highest BCUT2D eigenvalue weighted by atomic mass is 16.5. The molecule has 1 fully saturated rings. The van der Waals surface area contributed by atoms with Crippen LogP contribution in [0.5, 0.6) is 0 Å². The zero-order valence-corrected chi connectivity index (χ0v) is 18.4. The van der Waals surface area contributed by atoms with Gasteiger partial charge in [0.15, 0.2) is 0 Å². The summed E-state index contributed by atoms with van der Waals surface area (Å²) in [6.07, 6.45) is 5.85. The van der Waals surface area contributed by atoms with E-state index in [1.807, 2.05) is 6.07 Å². The molecule has 0 amide bonds. The molecular weight excluding hydrogens is 348 g/mol. The zero-order valence-electron chi connectivity index (χ0n) is 18.4. The first-order valence-electron chi connectivity index (χ1n) is 10.9. The Kier molecular flexibility index (Phi) is 6.51. The number of ether oxygens (including phenoxy) is 1. The lowest BCUT2D eigenvalue weighted by Gasteiger charge is -2.42. The fourth-order valence-corrected chi connectivity index (χ4v) is 5.15. The van der Waals surface area contributed by atoms with Crippen molar-refractivity contribution in [3.63, 3.8) is 0 Å². The third-order valence-electron chi connectivity index (χ3n) is 6.67. The van der Waals surface area contributed by atoms with Crippen molar-refractivity contribution in [2.45, 2.75) is 65.3 Å². The van der Waals surface area contributed by atoms with Crippen molar-refractivity contribution in [1.82, 2.24) is 10.6 Å². The van der Waals surface area contributed by atoms with Crippen LogP contribution in [0.2, 0.25) is 0 Å². The largest absolute Gasteiger partial charge is 0.465 e. The van der Waals surface area contributed by atoms with Crippen molar-refractivity contribution in [2.75, 3.05) is 26.7 Å². The van der Waals surface area contributed by atoms with E-state index in [4.69, 9.17) is 4.74 Å². The van der Waals surface area contributed by atoms with Gasteiger partial charge in [0.25, 0.3) is 0 Å². The Morgan fingerprint density at radius 2 is 1.86 bits per heavy atom. The molecule has 1 saturated carbocycles. The highest BCUT2D eigenvalue weighted by molar-refractivity contribution is 5.89. The minimum Gasteiger partial charge on any atom is -0.465 e. The molecule has 4 heteroatoms. The molecule has 156 valence electrons. The lowest BCUT2D eigenvalue weighted by atomic mass is 9.77. The number of fused-ring (bicyclic) bond motifs is 3. The Labute approximate surface area is 170 Å². The van der Waals surface area contributed by atoms with E-state index in [9.17, 15) is 4.79 Å². The molecule has 1 aromatic rings. The summed E-state index contributed by atoms with van der Waals surface area (Å²) in [6.45, 7) is 12.3. The summed E-state index contributed by atoms with van der Waals surface area (Å²) in [5.41, 5.74) is 3.82. The molecule has 2 aliphatic carbocycles. The predicted molar refractivity (Wildman–Crippen MR) is 115 cm³/mol. The Hall–Kier alpha value is -1.39. The smallest absolute Gasteiger partial charge is 0.337 e. The van der Waals surface area contributed by atoms with Gasteiger partial charge >= 0.3 is 5.97 Å². The van der Waals surface area contributed by atoms with Crippen molar-refractivity contribution in [3.05, 3.63) is 34.9 Å². The molecule has 0 unspecified atom stereocenters. The van der Waals surface area contributed by atoms with Gasteiger partial charge in [-0.2, -0.15) is 0 Å². The van der Waals surface area contributed by atoms with E-state index in [2.05, 4.69) is 50.5 Å². The van der Waals surface area contributed by atoms with Gasteiger partial charge in [-0.15, -0.1) is 0 Å². The van der Waals surface area contributed by atoms with Gasteiger partial charge in [0.05, 0.1) is 12.7 Å². The zero-order chi connectivity index (χ0) is 20.4. The molecule has 0 radical (unpaired) electrons. The third-order valence-corrected chi connectivity index (χ3v) is 6.67. The van der Waals surface area contributed by atoms with Crippen LogP contribution in [-0.4, -0.2) is 38.3 Å². The SMILES string of the molecule is CCCNC[C@]1(NCC(C)(C)C)[C@@H]2CC[C@H]1Cc1ccc(C(=O)OC)cc1C2. The molecular formula is C24H38N2O2. The highest BCUT2D eigenvalue weighted by Crippen LogP contribution is 2.47. The first kappa shape index (κ1) is 21.3. The Bertz CT molecular complexity index is 694. The molecule has 3 atom stereocenters. The Morgan fingerprint density at radius 1 is 1.18 bits per heavy atom. The Morgan fingerprint density at radius 3 is 2.46 bits per heavy atom. The second-order valence-corrected chi connectivity index (χ2v) is 9.99. The minimum atomic E-state index is -0.237. The van der Waals surface area contributed by atoms with Gasteiger partial charge in [-0.25, -0.2) is 4.79 Å². The summed E-state index contributed by atoms with van der Waals surface area (Å²) in [5, 5.41) is 7.80. The molecule has 2 N–H and O–H groups in total. The summed E-state index contributed by atoms with van der Waals surface area (Å²) < 4.78 is 4.94. The van der Waals surface area contributed by atoms with Crippen molar-refractivity contribution in [1.29, 1.82) is 0 Å². The summed E-state index contributed by atoms with van der Waals surface area (Å²) in [7, 11) is 1.46. The van der Waals surface area contributed by atoms with Crippen LogP contribution in [0.1, 0.15) is 68.4 Å². The molecule has 28 heavy (non-hydrogen) atoms. The topological polar surface area (TPSA) is 50.4 Å². The molecule has 0 spiro atoms. The van der Waals surface area contributed by atoms with Crippen LogP contribution in [-0.2, 0) is 17.6 Å². The van der Waals surface area contributed by atoms with E-state index >= 15 is 0 Å². The van der Waals surface area contributed by atoms with Crippen LogP contribution >= 0.6 is 0 Å². The van der Waals surface area contributed by atoms with Gasteiger partial charge < -0.3 is 15.4 Å². The average molecular weight is 387 g/mol. The van der Waals surface area contributed by atoms with Crippen LogP contribution in [0.25, 0.3) is 0 Å². The lowest BCUT2D eigenvalue weighted by Crippen LogP contribution is -2.61. The standard InChI is InChI=1S/C24H38N2O2/c1-6-11-25-16-24(26-15-23(2,3)4)20-9-10-21(24)14-19-12-18(22(27)28-5)8-7-17(19)13-20/h7-8,12,20-21,25-26H,6,9-11,13-16H2,1-5H3/t20-,21+,24+/m0/s1. The van der Waals surface area contributed by atoms with Crippen LogP contribution in [0.15, 0.2) is 18.2 Å². The number of esters is 1. The van der Waals surface area contributed by atoms with E-state index in [0.717, 1.165) is 38.9 Å². The number of hydrogen-bond acceptors (Lipinski definition) is 4. The molecule has 0 saturated heterocycles. The summed E-state index contributed by atoms with van der Waals surface area (Å²) in [6, 6.07) is 6.18. The maximum absolute atomic E-state index is 12.0. The average Bonchev–Trinajstić information content (AvgIpc) is 2.89. The Balaban J connectivity index is 1.90. The molecule has 2 aliphatic rings. The van der Waals surface area contributed by atoms with E-state index < -0.39 is 0 Å². The minimum absolute atomic E-state index is 0.132. The van der Waals surface area contributed by atoms with Gasteiger partial charge in [-0.1, -0.05) is 33.8 Å². The fourth-order valence-electron chi connectivity index (χ4n) is 5.15. The predicted octanol–water partition coefficient (Wildman–Crippen LogP) is 3.97. The molecule has 2 bridgehead atoms. The first-order chi connectivity index (χ1) is 13.3. The molecule has 0 aromatic heterocycles. The molecule has 0 heterocycles. The summed E-state index contributed by atoms with van der Waals surface area (Å²) in [4.78, 5) is 12.0. The number of nitrogens with one attached hydrogen (secondary N) is 2. The quantitative estimate of drug-likeness (QED) is 0.550. The van der Waals surface area contributed by atoms with Gasteiger partial charge in [0, 0.05) is 18.6 Å². The van der Waals surface area contributed by atoms with Crippen molar-refractivity contribution in [3.8, 4) is 0 Å². The molecule has 4 nitrogen and oxygen atoms in total. The van der Waals surface area contributed by atoms with E-state index in [0.29, 0.717) is 17.4 Å². The number of carbonyl (C=O) groups excluding carboxylic acids is 1. The number of methoxy groups -OCH3 is 1. The second-order valence-electron chi connectivity index (χ2n) is 9.99. The number of benzene rings is 1. The van der Waals surface area contributed by atoms with Crippen molar-refractivity contribution in [2.24, 2.45) is 17.3 Å². The van der Waals surface area contributed by atoms with Crippen LogP contribution in [0, 0.1) is 17.3 Å². The number of carbonyl (C=O) groups is 1. The van der Waals surface area contributed by atoms with Gasteiger partial charge in [-0.05, 0) is 79.2 Å². The molecule has 3 rings (SSSR count). The van der Waals surface area contributed by atoms with E-state index in [-0.39, 0.29) is 16.9 Å². The van der Waals surface area contributed by atoms with Gasteiger partial charge in [-0.3, -0.25) is 0 Å². The first-order valence-corrected chi connectivity index (χ1v) is 10.9. The monoisotopic (exact) mass is 386 g/mol. The lowest BCUT2D eigenvalue weighted by molar-refractivity contribution is 0.0600. The normalized spacial score (nSPS) is 26.6. The number of rotatable bonds is 7. The van der Waals surface area contributed by atoms with Crippen molar-refractivity contribution < 1.29 is 9.53 Å². The molecule has 1 aromatic carbocycles.